The summed E-state index contributed by atoms with van der Waals surface area (Å²) in [4.78, 5) is 11.7. The Hall–Kier alpha value is -0.610. The van der Waals surface area contributed by atoms with Crippen molar-refractivity contribution in [1.82, 2.24) is 5.32 Å². The van der Waals surface area contributed by atoms with Gasteiger partial charge < -0.3 is 15.5 Å². The fourth-order valence-electron chi connectivity index (χ4n) is 0.783. The summed E-state index contributed by atoms with van der Waals surface area (Å²) in [6, 6.07) is -0.555. The van der Waals surface area contributed by atoms with Crippen LogP contribution in [0.25, 0.3) is 0 Å². The van der Waals surface area contributed by atoms with E-state index in [0.29, 0.717) is 0 Å². The summed E-state index contributed by atoms with van der Waals surface area (Å²) in [6.45, 7) is 7.14. The van der Waals surface area contributed by atoms with Gasteiger partial charge in [-0.3, -0.25) is 4.79 Å². The highest BCUT2D eigenvalue weighted by atomic mass is 16.3. The van der Waals surface area contributed by atoms with Crippen molar-refractivity contribution in [3.8, 4) is 0 Å². The van der Waals surface area contributed by atoms with Gasteiger partial charge >= 0.3 is 0 Å². The second-order valence-electron chi connectivity index (χ2n) is 4.41. The van der Waals surface area contributed by atoms with E-state index < -0.39 is 11.5 Å². The maximum atomic E-state index is 11.7. The maximum Gasteiger partial charge on any atom is 0.226 e. The number of rotatable bonds is 5. The van der Waals surface area contributed by atoms with Crippen LogP contribution < -0.4 is 5.32 Å². The minimum absolute atomic E-state index is 0.138. The molecule has 0 fully saturated rings. The van der Waals surface area contributed by atoms with E-state index in [4.69, 9.17) is 10.2 Å². The van der Waals surface area contributed by atoms with Crippen LogP contribution >= 0.6 is 0 Å². The van der Waals surface area contributed by atoms with Crippen LogP contribution in [0.4, 0.5) is 0 Å². The van der Waals surface area contributed by atoms with Crippen molar-refractivity contribution < 1.29 is 15.0 Å². The molecular weight excluding hydrogens is 182 g/mol. The van der Waals surface area contributed by atoms with E-state index in [9.17, 15) is 4.79 Å². The Labute approximate surface area is 85.3 Å². The van der Waals surface area contributed by atoms with Gasteiger partial charge in [-0.15, -0.1) is 0 Å². The van der Waals surface area contributed by atoms with Crippen LogP contribution in [0.15, 0.2) is 0 Å². The van der Waals surface area contributed by atoms with Crippen LogP contribution in [-0.4, -0.2) is 35.4 Å². The molecule has 0 aromatic carbocycles. The first-order chi connectivity index (χ1) is 6.36. The molecule has 0 saturated heterocycles. The summed E-state index contributed by atoms with van der Waals surface area (Å²) in [5.74, 6) is 0.0705. The fraction of sp³-hybridized carbons (Fsp3) is 0.900. The summed E-state index contributed by atoms with van der Waals surface area (Å²) < 4.78 is 0. The molecule has 0 saturated carbocycles. The van der Waals surface area contributed by atoms with Crippen molar-refractivity contribution in [2.45, 2.75) is 33.7 Å². The molecule has 0 aliphatic carbocycles. The second-order valence-corrected chi connectivity index (χ2v) is 4.41. The lowest BCUT2D eigenvalue weighted by atomic mass is 9.80. The molecular formula is C10H21NO3. The molecule has 0 aromatic rings. The van der Waals surface area contributed by atoms with E-state index in [0.717, 1.165) is 0 Å². The zero-order valence-corrected chi connectivity index (χ0v) is 9.37. The molecule has 0 atom stereocenters. The molecule has 0 rings (SSSR count). The molecule has 3 N–H and O–H groups in total. The van der Waals surface area contributed by atoms with Gasteiger partial charge in [0.2, 0.25) is 5.91 Å². The topological polar surface area (TPSA) is 69.6 Å². The number of hydrogen-bond donors (Lipinski definition) is 3. The third-order valence-electron chi connectivity index (χ3n) is 2.80. The Morgan fingerprint density at radius 1 is 1.29 bits per heavy atom. The lowest BCUT2D eigenvalue weighted by Gasteiger charge is -2.29. The Kier molecular flexibility index (Phi) is 5.08. The van der Waals surface area contributed by atoms with Gasteiger partial charge in [-0.2, -0.15) is 0 Å². The monoisotopic (exact) mass is 203 g/mol. The predicted octanol–water partition coefficient (Wildman–Crippen LogP) is 0.138. The minimum Gasteiger partial charge on any atom is -0.394 e. The fourth-order valence-corrected chi connectivity index (χ4v) is 0.783. The van der Waals surface area contributed by atoms with E-state index >= 15 is 0 Å². The van der Waals surface area contributed by atoms with Crippen molar-refractivity contribution in [3.63, 3.8) is 0 Å². The Morgan fingerprint density at radius 3 is 2.00 bits per heavy atom. The lowest BCUT2D eigenvalue weighted by molar-refractivity contribution is -0.132. The van der Waals surface area contributed by atoms with Crippen LogP contribution in [0.1, 0.15) is 27.7 Å². The highest BCUT2D eigenvalue weighted by Gasteiger charge is 2.32. The summed E-state index contributed by atoms with van der Waals surface area (Å²) in [5.41, 5.74) is -0.484. The van der Waals surface area contributed by atoms with Gasteiger partial charge in [-0.05, 0) is 5.92 Å². The van der Waals surface area contributed by atoms with Gasteiger partial charge in [-0.25, -0.2) is 0 Å². The normalized spacial score (nSPS) is 12.3. The van der Waals surface area contributed by atoms with Crippen molar-refractivity contribution in [2.24, 2.45) is 11.3 Å². The SMILES string of the molecule is CC(C)C(C)(C)C(=O)NC(CO)CO. The molecule has 4 heteroatoms. The lowest BCUT2D eigenvalue weighted by Crippen LogP contribution is -2.47. The van der Waals surface area contributed by atoms with E-state index in [1.165, 1.54) is 0 Å². The molecule has 0 aliphatic heterocycles. The van der Waals surface area contributed by atoms with E-state index in [1.54, 1.807) is 0 Å². The van der Waals surface area contributed by atoms with E-state index in [-0.39, 0.29) is 25.0 Å². The van der Waals surface area contributed by atoms with Crippen LogP contribution in [0, 0.1) is 11.3 Å². The first-order valence-electron chi connectivity index (χ1n) is 4.89. The Bertz CT molecular complexity index is 186. The first kappa shape index (κ1) is 13.4. The van der Waals surface area contributed by atoms with Crippen molar-refractivity contribution in [1.29, 1.82) is 0 Å². The van der Waals surface area contributed by atoms with E-state index in [2.05, 4.69) is 5.32 Å². The molecule has 1 amide bonds. The number of nitrogens with one attached hydrogen (secondary N) is 1. The van der Waals surface area contributed by atoms with Gasteiger partial charge in [0.15, 0.2) is 0 Å². The van der Waals surface area contributed by atoms with Gasteiger partial charge in [0.25, 0.3) is 0 Å². The summed E-state index contributed by atoms with van der Waals surface area (Å²) in [5, 5.41) is 20.2. The van der Waals surface area contributed by atoms with Crippen molar-refractivity contribution in [2.75, 3.05) is 13.2 Å². The maximum absolute atomic E-state index is 11.7. The average Bonchev–Trinajstić information content (AvgIpc) is 2.13. The van der Waals surface area contributed by atoms with Crippen molar-refractivity contribution >= 4 is 5.91 Å². The number of carbonyl (C=O) groups excluding carboxylic acids is 1. The van der Waals surface area contributed by atoms with Crippen LogP contribution in [0.3, 0.4) is 0 Å². The largest absolute Gasteiger partial charge is 0.394 e. The molecule has 84 valence electrons. The smallest absolute Gasteiger partial charge is 0.226 e. The Balaban J connectivity index is 4.33. The zero-order chi connectivity index (χ0) is 11.4. The highest BCUT2D eigenvalue weighted by molar-refractivity contribution is 5.82. The van der Waals surface area contributed by atoms with Gasteiger partial charge in [0, 0.05) is 5.41 Å². The molecule has 0 heterocycles. The third kappa shape index (κ3) is 3.27. The van der Waals surface area contributed by atoms with Gasteiger partial charge in [0.05, 0.1) is 19.3 Å². The van der Waals surface area contributed by atoms with Crippen LogP contribution in [0.2, 0.25) is 0 Å². The third-order valence-corrected chi connectivity index (χ3v) is 2.80. The quantitative estimate of drug-likeness (QED) is 0.595. The number of hydrogen-bond acceptors (Lipinski definition) is 3. The van der Waals surface area contributed by atoms with Gasteiger partial charge in [-0.1, -0.05) is 27.7 Å². The van der Waals surface area contributed by atoms with Crippen LogP contribution in [-0.2, 0) is 4.79 Å². The summed E-state index contributed by atoms with van der Waals surface area (Å²) in [6.07, 6.45) is 0. The molecule has 0 bridgehead atoms. The minimum atomic E-state index is -0.555. The number of amides is 1. The number of aliphatic hydroxyl groups excluding tert-OH is 2. The Morgan fingerprint density at radius 2 is 1.71 bits per heavy atom. The average molecular weight is 203 g/mol. The molecule has 14 heavy (non-hydrogen) atoms. The molecule has 4 nitrogen and oxygen atoms in total. The van der Waals surface area contributed by atoms with Crippen molar-refractivity contribution in [3.05, 3.63) is 0 Å². The first-order valence-corrected chi connectivity index (χ1v) is 4.89. The molecule has 0 unspecified atom stereocenters. The number of carbonyl (C=O) groups is 1. The van der Waals surface area contributed by atoms with Gasteiger partial charge in [0.1, 0.15) is 0 Å². The van der Waals surface area contributed by atoms with E-state index in [1.807, 2.05) is 27.7 Å². The molecule has 0 aliphatic rings. The highest BCUT2D eigenvalue weighted by Crippen LogP contribution is 2.26. The summed E-state index contributed by atoms with van der Waals surface area (Å²) in [7, 11) is 0. The molecule has 0 radical (unpaired) electrons. The standard InChI is InChI=1S/C10H21NO3/c1-7(2)10(3,4)9(14)11-8(5-12)6-13/h7-8,12-13H,5-6H2,1-4H3,(H,11,14). The number of aliphatic hydroxyl groups is 2. The molecule has 0 spiro atoms. The predicted molar refractivity (Wildman–Crippen MR) is 54.7 cm³/mol. The summed E-state index contributed by atoms with van der Waals surface area (Å²) >= 11 is 0. The van der Waals surface area contributed by atoms with Crippen LogP contribution in [0.5, 0.6) is 0 Å². The zero-order valence-electron chi connectivity index (χ0n) is 9.37. The second kappa shape index (κ2) is 5.32. The molecule has 0 aromatic heterocycles.